The molecule has 0 spiro atoms. The molecule has 0 heterocycles. The molecular formula is C6H14N4O2. The molecule has 0 amide bonds. The fourth-order valence-corrected chi connectivity index (χ4v) is 0.624. The minimum Gasteiger partial charge on any atom is -0.395 e. The minimum atomic E-state index is 0.0171. The van der Waals surface area contributed by atoms with E-state index in [1.165, 1.54) is 11.1 Å². The zero-order chi connectivity index (χ0) is 9.40. The molecule has 0 fully saturated rings. The Hall–Kier alpha value is -1.11. The summed E-state index contributed by atoms with van der Waals surface area (Å²) in [5.41, 5.74) is 5.11. The summed E-state index contributed by atoms with van der Waals surface area (Å²) >= 11 is 0. The van der Waals surface area contributed by atoms with Gasteiger partial charge in [0, 0.05) is 19.7 Å². The number of allylic oxidation sites excluding steroid dienone is 1. The van der Waals surface area contributed by atoms with E-state index in [9.17, 15) is 4.79 Å². The van der Waals surface area contributed by atoms with E-state index in [0.29, 0.717) is 18.7 Å². The average Bonchev–Trinajstić information content (AvgIpc) is 2.10. The van der Waals surface area contributed by atoms with Crippen LogP contribution in [0, 0.1) is 0 Å². The third-order valence-corrected chi connectivity index (χ3v) is 1.20. The fourth-order valence-electron chi connectivity index (χ4n) is 0.624. The summed E-state index contributed by atoms with van der Waals surface area (Å²) in [6.07, 6.45) is 1.89. The van der Waals surface area contributed by atoms with Gasteiger partial charge in [0.1, 0.15) is 12.1 Å². The zero-order valence-corrected chi connectivity index (χ0v) is 6.95. The number of carbonyl (C=O) groups excluding carboxylic acids is 1. The summed E-state index contributed by atoms with van der Waals surface area (Å²) in [6.45, 7) is 0.414. The van der Waals surface area contributed by atoms with Crippen LogP contribution in [0.5, 0.6) is 0 Å². The number of nitrogens with zero attached hydrogens (tertiary/aromatic N) is 1. The number of hydrogen-bond acceptors (Lipinski definition) is 6. The first-order chi connectivity index (χ1) is 5.76. The zero-order valence-electron chi connectivity index (χ0n) is 6.95. The molecule has 0 aromatic rings. The van der Waals surface area contributed by atoms with Crippen LogP contribution in [-0.2, 0) is 4.79 Å². The molecule has 70 valence electrons. The van der Waals surface area contributed by atoms with E-state index in [4.69, 9.17) is 10.9 Å². The minimum absolute atomic E-state index is 0.0171. The number of hydrogen-bond donors (Lipinski definition) is 4. The Bertz CT molecular complexity index is 160. The number of aldehydes is 1. The van der Waals surface area contributed by atoms with E-state index in [-0.39, 0.29) is 6.61 Å². The number of hydrazine groups is 2. The second kappa shape index (κ2) is 6.59. The normalized spacial score (nSPS) is 11.1. The Labute approximate surface area is 71.0 Å². The van der Waals surface area contributed by atoms with Crippen LogP contribution in [-0.4, -0.2) is 36.6 Å². The Kier molecular flexibility index (Phi) is 5.98. The monoisotopic (exact) mass is 174 g/mol. The predicted molar refractivity (Wildman–Crippen MR) is 44.3 cm³/mol. The first-order valence-electron chi connectivity index (χ1n) is 3.46. The van der Waals surface area contributed by atoms with Gasteiger partial charge in [-0.15, -0.1) is 0 Å². The average molecular weight is 174 g/mol. The number of rotatable bonds is 6. The lowest BCUT2D eigenvalue weighted by Gasteiger charge is -2.21. The third-order valence-electron chi connectivity index (χ3n) is 1.20. The number of carbonyl (C=O) groups is 1. The van der Waals surface area contributed by atoms with Gasteiger partial charge in [0.25, 0.3) is 0 Å². The van der Waals surface area contributed by atoms with E-state index in [1.54, 1.807) is 7.05 Å². The molecule has 0 radical (unpaired) electrons. The van der Waals surface area contributed by atoms with Gasteiger partial charge in [0.15, 0.2) is 0 Å². The molecule has 6 nitrogen and oxygen atoms in total. The van der Waals surface area contributed by atoms with Crippen molar-refractivity contribution in [2.75, 3.05) is 20.2 Å². The molecule has 0 aliphatic heterocycles. The third kappa shape index (κ3) is 3.91. The second-order valence-corrected chi connectivity index (χ2v) is 2.02. The molecule has 0 atom stereocenters. The molecule has 6 heteroatoms. The van der Waals surface area contributed by atoms with Crippen LogP contribution in [0.2, 0.25) is 0 Å². The van der Waals surface area contributed by atoms with E-state index < -0.39 is 0 Å². The maximum Gasteiger partial charge on any atom is 0.146 e. The van der Waals surface area contributed by atoms with E-state index >= 15 is 0 Å². The van der Waals surface area contributed by atoms with Crippen LogP contribution in [0.25, 0.3) is 0 Å². The molecule has 0 aliphatic carbocycles. The smallest absolute Gasteiger partial charge is 0.146 e. The molecule has 12 heavy (non-hydrogen) atoms. The Morgan fingerprint density at radius 1 is 1.75 bits per heavy atom. The van der Waals surface area contributed by atoms with Crippen LogP contribution in [0.1, 0.15) is 0 Å². The SMILES string of the molecule is CN(NCCO)/C(=C/C=O)NN. The van der Waals surface area contributed by atoms with Crippen molar-refractivity contribution in [3.63, 3.8) is 0 Å². The first-order valence-corrected chi connectivity index (χ1v) is 3.46. The van der Waals surface area contributed by atoms with E-state index in [0.717, 1.165) is 0 Å². The van der Waals surface area contributed by atoms with Crippen molar-refractivity contribution in [3.8, 4) is 0 Å². The largest absolute Gasteiger partial charge is 0.395 e. The highest BCUT2D eigenvalue weighted by Crippen LogP contribution is 1.88. The van der Waals surface area contributed by atoms with Crippen molar-refractivity contribution in [2.45, 2.75) is 0 Å². The van der Waals surface area contributed by atoms with Gasteiger partial charge in [-0.3, -0.25) is 9.80 Å². The Morgan fingerprint density at radius 2 is 2.42 bits per heavy atom. The van der Waals surface area contributed by atoms with Crippen molar-refractivity contribution in [3.05, 3.63) is 11.9 Å². The number of aliphatic hydroxyl groups is 1. The molecule has 0 bridgehead atoms. The number of aliphatic hydroxyl groups excluding tert-OH is 1. The van der Waals surface area contributed by atoms with Crippen molar-refractivity contribution in [1.82, 2.24) is 15.9 Å². The molecular weight excluding hydrogens is 160 g/mol. The Balaban J connectivity index is 3.93. The molecule has 5 N–H and O–H groups in total. The van der Waals surface area contributed by atoms with Gasteiger partial charge in [-0.1, -0.05) is 0 Å². The van der Waals surface area contributed by atoms with Gasteiger partial charge in [-0.05, 0) is 0 Å². The van der Waals surface area contributed by atoms with Gasteiger partial charge in [0.05, 0.1) is 6.61 Å². The quantitative estimate of drug-likeness (QED) is 0.160. The lowest BCUT2D eigenvalue weighted by molar-refractivity contribution is -0.104. The van der Waals surface area contributed by atoms with Gasteiger partial charge in [-0.25, -0.2) is 11.3 Å². The van der Waals surface area contributed by atoms with Crippen molar-refractivity contribution in [1.29, 1.82) is 0 Å². The molecule has 0 aliphatic rings. The van der Waals surface area contributed by atoms with Crippen molar-refractivity contribution >= 4 is 6.29 Å². The highest BCUT2D eigenvalue weighted by molar-refractivity contribution is 5.65. The summed E-state index contributed by atoms with van der Waals surface area (Å²) in [5.74, 6) is 5.54. The Morgan fingerprint density at radius 3 is 2.83 bits per heavy atom. The second-order valence-electron chi connectivity index (χ2n) is 2.02. The van der Waals surface area contributed by atoms with Gasteiger partial charge in [-0.2, -0.15) is 0 Å². The van der Waals surface area contributed by atoms with E-state index in [2.05, 4.69) is 10.9 Å². The molecule has 0 aromatic heterocycles. The van der Waals surface area contributed by atoms with Crippen LogP contribution in [0.4, 0.5) is 0 Å². The summed E-state index contributed by atoms with van der Waals surface area (Å²) in [5, 5.41) is 9.97. The van der Waals surface area contributed by atoms with Gasteiger partial charge >= 0.3 is 0 Å². The van der Waals surface area contributed by atoms with Gasteiger partial charge in [0.2, 0.25) is 0 Å². The predicted octanol–water partition coefficient (Wildman–Crippen LogP) is -2.08. The van der Waals surface area contributed by atoms with Crippen LogP contribution >= 0.6 is 0 Å². The van der Waals surface area contributed by atoms with Gasteiger partial charge < -0.3 is 10.5 Å². The summed E-state index contributed by atoms with van der Waals surface area (Å²) in [7, 11) is 1.67. The molecule has 0 saturated carbocycles. The van der Waals surface area contributed by atoms with Crippen LogP contribution in [0.15, 0.2) is 11.9 Å². The van der Waals surface area contributed by atoms with Crippen molar-refractivity contribution in [2.24, 2.45) is 5.84 Å². The number of nitrogens with one attached hydrogen (secondary N) is 2. The van der Waals surface area contributed by atoms with Crippen molar-refractivity contribution < 1.29 is 9.90 Å². The molecule has 0 rings (SSSR count). The van der Waals surface area contributed by atoms with Crippen LogP contribution in [0.3, 0.4) is 0 Å². The molecule has 0 unspecified atom stereocenters. The summed E-state index contributed by atoms with van der Waals surface area (Å²) in [4.78, 5) is 10.1. The van der Waals surface area contributed by atoms with E-state index in [1.807, 2.05) is 0 Å². The maximum atomic E-state index is 10.1. The topological polar surface area (TPSA) is 90.6 Å². The number of nitrogens with two attached hydrogens (primary N) is 1. The molecule has 0 saturated heterocycles. The highest BCUT2D eigenvalue weighted by atomic mass is 16.3. The van der Waals surface area contributed by atoms with Crippen LogP contribution < -0.4 is 16.7 Å². The fraction of sp³-hybridized carbons (Fsp3) is 0.500. The highest BCUT2D eigenvalue weighted by Gasteiger charge is 1.99. The first kappa shape index (κ1) is 10.9. The lowest BCUT2D eigenvalue weighted by Crippen LogP contribution is -2.42. The molecule has 0 aromatic carbocycles. The maximum absolute atomic E-state index is 10.1. The summed E-state index contributed by atoms with van der Waals surface area (Å²) < 4.78 is 0. The lowest BCUT2D eigenvalue weighted by atomic mass is 10.6. The summed E-state index contributed by atoms with van der Waals surface area (Å²) in [6, 6.07) is 0. The standard InChI is InChI=1S/C6H14N4O2/c1-10(8-3-5-12)6(9-7)2-4-11/h2,4,8-9,12H,3,5,7H2,1H3/b6-2+.